The Morgan fingerprint density at radius 1 is 1.00 bits per heavy atom. The Bertz CT molecular complexity index is 800. The Morgan fingerprint density at radius 2 is 1.69 bits per heavy atom. The van der Waals surface area contributed by atoms with Crippen molar-refractivity contribution in [2.24, 2.45) is 5.92 Å². The zero-order valence-corrected chi connectivity index (χ0v) is 17.2. The highest BCUT2D eigenvalue weighted by Crippen LogP contribution is 2.58. The van der Waals surface area contributed by atoms with Crippen LogP contribution in [-0.4, -0.2) is 5.11 Å². The maximum Gasteiger partial charge on any atom is 0.123 e. The van der Waals surface area contributed by atoms with Crippen molar-refractivity contribution in [3.8, 4) is 5.75 Å². The van der Waals surface area contributed by atoms with Crippen molar-refractivity contribution in [1.29, 1.82) is 0 Å². The lowest BCUT2D eigenvalue weighted by Gasteiger charge is -2.30. The van der Waals surface area contributed by atoms with Crippen molar-refractivity contribution >= 4 is 0 Å². The van der Waals surface area contributed by atoms with Crippen LogP contribution in [0.3, 0.4) is 0 Å². The van der Waals surface area contributed by atoms with E-state index in [0.717, 1.165) is 5.56 Å². The third kappa shape index (κ3) is 2.66. The van der Waals surface area contributed by atoms with E-state index in [1.165, 1.54) is 61.6 Å². The number of fused-ring (bicyclic) bond motifs is 2. The molecule has 0 bridgehead atoms. The molecule has 0 aliphatic heterocycles. The molecule has 2 atom stereocenters. The average molecular weight is 351 g/mol. The molecule has 1 heteroatoms. The summed E-state index contributed by atoms with van der Waals surface area (Å²) in [7, 11) is 0. The maximum atomic E-state index is 11.4. The summed E-state index contributed by atoms with van der Waals surface area (Å²) in [4.78, 5) is 0. The maximum absolute atomic E-state index is 11.4. The van der Waals surface area contributed by atoms with Gasteiger partial charge >= 0.3 is 0 Å². The van der Waals surface area contributed by atoms with Crippen molar-refractivity contribution < 1.29 is 5.11 Å². The number of rotatable bonds is 1. The molecule has 2 unspecified atom stereocenters. The highest BCUT2D eigenvalue weighted by molar-refractivity contribution is 5.61. The second-order valence-corrected chi connectivity index (χ2v) is 9.76. The van der Waals surface area contributed by atoms with Crippen LogP contribution in [0.1, 0.15) is 93.9 Å². The number of aromatic hydroxyl groups is 1. The molecule has 0 saturated carbocycles. The Morgan fingerprint density at radius 3 is 2.38 bits per heavy atom. The Kier molecular flexibility index (Phi) is 4.33. The van der Waals surface area contributed by atoms with E-state index in [-0.39, 0.29) is 5.41 Å². The van der Waals surface area contributed by atoms with E-state index in [1.54, 1.807) is 16.7 Å². The van der Waals surface area contributed by atoms with Crippen LogP contribution in [0.15, 0.2) is 28.9 Å². The van der Waals surface area contributed by atoms with Gasteiger partial charge in [-0.25, -0.2) is 0 Å². The van der Waals surface area contributed by atoms with Gasteiger partial charge in [0.2, 0.25) is 0 Å². The monoisotopic (exact) mass is 350 g/mol. The SMILES string of the molecule is Cc1cc(C(C)(C)C)c(O)c(C2C3=CCCCC3C3=C2CCCC3)c1C. The van der Waals surface area contributed by atoms with E-state index in [1.807, 2.05) is 0 Å². The number of hydrogen-bond acceptors (Lipinski definition) is 1. The van der Waals surface area contributed by atoms with E-state index in [4.69, 9.17) is 0 Å². The molecule has 0 spiro atoms. The van der Waals surface area contributed by atoms with E-state index in [0.29, 0.717) is 17.6 Å². The summed E-state index contributed by atoms with van der Waals surface area (Å²) in [6, 6.07) is 2.21. The van der Waals surface area contributed by atoms with Gasteiger partial charge in [-0.1, -0.05) is 49.6 Å². The first-order valence-electron chi connectivity index (χ1n) is 10.6. The number of aryl methyl sites for hydroxylation is 1. The normalized spacial score (nSPS) is 25.8. The molecule has 3 aliphatic carbocycles. The molecule has 1 nitrogen and oxygen atoms in total. The molecule has 26 heavy (non-hydrogen) atoms. The number of benzene rings is 1. The fourth-order valence-electron chi connectivity index (χ4n) is 5.67. The van der Waals surface area contributed by atoms with E-state index in [9.17, 15) is 5.11 Å². The van der Waals surface area contributed by atoms with Gasteiger partial charge in [-0.3, -0.25) is 0 Å². The van der Waals surface area contributed by atoms with Crippen molar-refractivity contribution in [3.05, 3.63) is 51.1 Å². The molecular weight excluding hydrogens is 316 g/mol. The second kappa shape index (κ2) is 6.29. The van der Waals surface area contributed by atoms with Crippen LogP contribution >= 0.6 is 0 Å². The molecule has 4 rings (SSSR count). The molecule has 3 aliphatic rings. The molecule has 0 fully saturated rings. The first-order valence-corrected chi connectivity index (χ1v) is 10.6. The summed E-state index contributed by atoms with van der Waals surface area (Å²) in [6.45, 7) is 11.1. The summed E-state index contributed by atoms with van der Waals surface area (Å²) in [5, 5.41) is 11.4. The summed E-state index contributed by atoms with van der Waals surface area (Å²) in [5.74, 6) is 1.58. The van der Waals surface area contributed by atoms with Gasteiger partial charge in [0, 0.05) is 17.4 Å². The summed E-state index contributed by atoms with van der Waals surface area (Å²) in [5.41, 5.74) is 9.93. The van der Waals surface area contributed by atoms with Crippen LogP contribution in [0.5, 0.6) is 5.75 Å². The molecule has 0 radical (unpaired) electrons. The lowest BCUT2D eigenvalue weighted by Crippen LogP contribution is -2.16. The number of phenolic OH excluding ortho intramolecular Hbond substituents is 1. The van der Waals surface area contributed by atoms with Gasteiger partial charge in [-0.2, -0.15) is 0 Å². The molecule has 1 aromatic rings. The standard InChI is InChI=1S/C25H34O/c1-15-14-21(25(3,4)5)24(26)22(16(15)2)23-19-12-8-6-10-17(19)18-11-7-9-13-20(18)23/h12,14,17,23,26H,6-11,13H2,1-5H3. The third-order valence-corrected chi connectivity index (χ3v) is 7.10. The van der Waals surface area contributed by atoms with Crippen molar-refractivity contribution in [1.82, 2.24) is 0 Å². The number of allylic oxidation sites excluding steroid dienone is 4. The van der Waals surface area contributed by atoms with Gasteiger partial charge in [-0.15, -0.1) is 0 Å². The van der Waals surface area contributed by atoms with Crippen molar-refractivity contribution in [2.75, 3.05) is 0 Å². The van der Waals surface area contributed by atoms with Crippen LogP contribution in [0, 0.1) is 19.8 Å². The molecule has 0 aromatic heterocycles. The highest BCUT2D eigenvalue weighted by Gasteiger charge is 2.42. The molecule has 1 aromatic carbocycles. The first kappa shape index (κ1) is 17.9. The first-order chi connectivity index (χ1) is 12.3. The Balaban J connectivity index is 1.95. The summed E-state index contributed by atoms with van der Waals surface area (Å²) in [6.07, 6.45) is 11.5. The Hall–Kier alpha value is -1.50. The van der Waals surface area contributed by atoms with Crippen LogP contribution in [0.25, 0.3) is 0 Å². The quantitative estimate of drug-likeness (QED) is 0.541. The van der Waals surface area contributed by atoms with Gasteiger partial charge in [0.25, 0.3) is 0 Å². The Labute approximate surface area is 159 Å². The van der Waals surface area contributed by atoms with Crippen LogP contribution in [0.4, 0.5) is 0 Å². The predicted octanol–water partition coefficient (Wildman–Crippen LogP) is 7.00. The van der Waals surface area contributed by atoms with E-state index < -0.39 is 0 Å². The lowest BCUT2D eigenvalue weighted by atomic mass is 9.75. The minimum atomic E-state index is -0.0416. The van der Waals surface area contributed by atoms with E-state index in [2.05, 4.69) is 46.8 Å². The predicted molar refractivity (Wildman–Crippen MR) is 110 cm³/mol. The molecule has 140 valence electrons. The lowest BCUT2D eigenvalue weighted by molar-refractivity contribution is 0.436. The fourth-order valence-corrected chi connectivity index (χ4v) is 5.67. The third-order valence-electron chi connectivity index (χ3n) is 7.10. The fraction of sp³-hybridized carbons (Fsp3) is 0.600. The van der Waals surface area contributed by atoms with Gasteiger partial charge in [0.05, 0.1) is 0 Å². The van der Waals surface area contributed by atoms with Gasteiger partial charge in [-0.05, 0) is 80.9 Å². The van der Waals surface area contributed by atoms with E-state index >= 15 is 0 Å². The minimum absolute atomic E-state index is 0.0416. The van der Waals surface area contributed by atoms with Gasteiger partial charge in [0.15, 0.2) is 0 Å². The number of hydrogen-bond donors (Lipinski definition) is 1. The van der Waals surface area contributed by atoms with Crippen LogP contribution < -0.4 is 0 Å². The zero-order valence-electron chi connectivity index (χ0n) is 17.2. The summed E-state index contributed by atoms with van der Waals surface area (Å²) < 4.78 is 0. The number of phenols is 1. The summed E-state index contributed by atoms with van der Waals surface area (Å²) >= 11 is 0. The highest BCUT2D eigenvalue weighted by atomic mass is 16.3. The minimum Gasteiger partial charge on any atom is -0.507 e. The smallest absolute Gasteiger partial charge is 0.123 e. The van der Waals surface area contributed by atoms with Crippen molar-refractivity contribution in [2.45, 2.75) is 90.9 Å². The zero-order chi connectivity index (χ0) is 18.6. The van der Waals surface area contributed by atoms with Crippen molar-refractivity contribution in [3.63, 3.8) is 0 Å². The largest absolute Gasteiger partial charge is 0.507 e. The van der Waals surface area contributed by atoms with Crippen LogP contribution in [0.2, 0.25) is 0 Å². The van der Waals surface area contributed by atoms with Crippen LogP contribution in [-0.2, 0) is 5.41 Å². The van der Waals surface area contributed by atoms with Gasteiger partial charge < -0.3 is 5.11 Å². The second-order valence-electron chi connectivity index (χ2n) is 9.76. The average Bonchev–Trinajstić information content (AvgIpc) is 2.92. The van der Waals surface area contributed by atoms with Gasteiger partial charge in [0.1, 0.15) is 5.75 Å². The molecular formula is C25H34O. The molecule has 0 amide bonds. The molecule has 0 saturated heterocycles. The topological polar surface area (TPSA) is 20.2 Å². The molecule has 0 heterocycles. The molecule has 1 N–H and O–H groups in total.